The van der Waals surface area contributed by atoms with Crippen molar-refractivity contribution in [1.82, 2.24) is 0 Å². The van der Waals surface area contributed by atoms with Crippen molar-refractivity contribution in [3.05, 3.63) is 35.9 Å². The van der Waals surface area contributed by atoms with Crippen LogP contribution in [0.1, 0.15) is 29.6 Å². The number of carboxylic acid groups (broad SMARTS) is 1. The first-order chi connectivity index (χ1) is 8.72. The molecule has 0 heterocycles. The highest BCUT2D eigenvalue weighted by Gasteiger charge is 2.17. The average Bonchev–Trinajstić information content (AvgIpc) is 2.39. The second kappa shape index (κ2) is 5.96. The van der Waals surface area contributed by atoms with E-state index in [4.69, 9.17) is 0 Å². The Balaban J connectivity index is 2.26. The lowest BCUT2D eigenvalue weighted by Gasteiger charge is -2.22. The van der Waals surface area contributed by atoms with Crippen LogP contribution in [-0.2, 0) is 0 Å². The largest absolute Gasteiger partial charge is 0.478 e. The van der Waals surface area contributed by atoms with Gasteiger partial charge in [-0.15, -0.1) is 11.8 Å². The number of nitrogens with one attached hydrogen (secondary N) is 1. The molecule has 2 N–H and O–H groups in total. The van der Waals surface area contributed by atoms with Gasteiger partial charge in [0.05, 0.1) is 11.3 Å². The van der Waals surface area contributed by atoms with Crippen molar-refractivity contribution < 1.29 is 9.90 Å². The molecule has 1 aliphatic carbocycles. The molecular formula is C14H17NO2S. The Hall–Kier alpha value is -1.42. The monoisotopic (exact) mass is 263 g/mol. The SMILES string of the molecule is CSc1cccc(NC2CC=CCC2)c1C(=O)O. The number of carboxylic acids is 1. The summed E-state index contributed by atoms with van der Waals surface area (Å²) >= 11 is 1.47. The third kappa shape index (κ3) is 2.88. The van der Waals surface area contributed by atoms with E-state index in [1.165, 1.54) is 11.8 Å². The highest BCUT2D eigenvalue weighted by atomic mass is 32.2. The molecule has 0 spiro atoms. The van der Waals surface area contributed by atoms with Crippen LogP contribution in [0.25, 0.3) is 0 Å². The van der Waals surface area contributed by atoms with Gasteiger partial charge in [-0.1, -0.05) is 18.2 Å². The summed E-state index contributed by atoms with van der Waals surface area (Å²) < 4.78 is 0. The minimum absolute atomic E-state index is 0.338. The molecule has 1 aromatic rings. The molecule has 18 heavy (non-hydrogen) atoms. The zero-order valence-electron chi connectivity index (χ0n) is 10.3. The Kier molecular flexibility index (Phi) is 4.31. The molecule has 0 amide bonds. The topological polar surface area (TPSA) is 49.3 Å². The number of benzene rings is 1. The smallest absolute Gasteiger partial charge is 0.338 e. The first-order valence-electron chi connectivity index (χ1n) is 6.04. The van der Waals surface area contributed by atoms with Crippen LogP contribution in [0.2, 0.25) is 0 Å². The van der Waals surface area contributed by atoms with Crippen molar-refractivity contribution in [1.29, 1.82) is 0 Å². The fourth-order valence-electron chi connectivity index (χ4n) is 2.19. The number of thioether (sulfide) groups is 1. The van der Waals surface area contributed by atoms with Crippen LogP contribution in [0.4, 0.5) is 5.69 Å². The van der Waals surface area contributed by atoms with Gasteiger partial charge in [0, 0.05) is 10.9 Å². The van der Waals surface area contributed by atoms with Crippen LogP contribution >= 0.6 is 11.8 Å². The lowest BCUT2D eigenvalue weighted by Crippen LogP contribution is -2.22. The third-order valence-corrected chi connectivity index (χ3v) is 3.87. The number of rotatable bonds is 4. The molecule has 2 rings (SSSR count). The predicted molar refractivity (Wildman–Crippen MR) is 75.6 cm³/mol. The van der Waals surface area contributed by atoms with Gasteiger partial charge in [0.25, 0.3) is 0 Å². The predicted octanol–water partition coefficient (Wildman–Crippen LogP) is 3.63. The van der Waals surface area contributed by atoms with Gasteiger partial charge in [-0.2, -0.15) is 0 Å². The van der Waals surface area contributed by atoms with Crippen LogP contribution in [0.15, 0.2) is 35.2 Å². The maximum absolute atomic E-state index is 11.4. The Morgan fingerprint density at radius 3 is 2.89 bits per heavy atom. The van der Waals surface area contributed by atoms with Crippen molar-refractivity contribution in [2.75, 3.05) is 11.6 Å². The molecule has 0 saturated heterocycles. The lowest BCUT2D eigenvalue weighted by atomic mass is 10.0. The standard InChI is InChI=1S/C14H17NO2S/c1-18-12-9-5-8-11(13(12)14(16)17)15-10-6-3-2-4-7-10/h2-3,5,8-10,15H,4,6-7H2,1H3,(H,16,17). The number of hydrogen-bond acceptors (Lipinski definition) is 3. The number of aromatic carboxylic acids is 1. The van der Waals surface area contributed by atoms with Crippen LogP contribution in [-0.4, -0.2) is 23.4 Å². The number of anilines is 1. The van der Waals surface area contributed by atoms with Crippen molar-refractivity contribution in [3.63, 3.8) is 0 Å². The highest BCUT2D eigenvalue weighted by molar-refractivity contribution is 7.98. The van der Waals surface area contributed by atoms with Crippen molar-refractivity contribution in [2.45, 2.75) is 30.2 Å². The van der Waals surface area contributed by atoms with Crippen LogP contribution in [0.5, 0.6) is 0 Å². The van der Waals surface area contributed by atoms with Gasteiger partial charge < -0.3 is 10.4 Å². The van der Waals surface area contributed by atoms with Gasteiger partial charge in [-0.25, -0.2) is 4.79 Å². The molecule has 0 bridgehead atoms. The number of hydrogen-bond donors (Lipinski definition) is 2. The fraction of sp³-hybridized carbons (Fsp3) is 0.357. The second-order valence-corrected chi connectivity index (χ2v) is 5.16. The molecule has 0 aromatic heterocycles. The lowest BCUT2D eigenvalue weighted by molar-refractivity contribution is 0.0694. The van der Waals surface area contributed by atoms with Gasteiger partial charge in [-0.3, -0.25) is 0 Å². The molecule has 0 radical (unpaired) electrons. The summed E-state index contributed by atoms with van der Waals surface area (Å²) in [5, 5.41) is 12.7. The van der Waals surface area contributed by atoms with E-state index in [0.29, 0.717) is 11.6 Å². The zero-order valence-corrected chi connectivity index (χ0v) is 11.2. The normalized spacial score (nSPS) is 18.6. The summed E-state index contributed by atoms with van der Waals surface area (Å²) in [5.41, 5.74) is 1.12. The van der Waals surface area contributed by atoms with Gasteiger partial charge >= 0.3 is 5.97 Å². The molecule has 96 valence electrons. The summed E-state index contributed by atoms with van der Waals surface area (Å²) in [6.07, 6.45) is 9.30. The van der Waals surface area contributed by atoms with E-state index >= 15 is 0 Å². The fourth-order valence-corrected chi connectivity index (χ4v) is 2.80. The molecule has 0 aliphatic heterocycles. The van der Waals surface area contributed by atoms with Crippen molar-refractivity contribution in [2.24, 2.45) is 0 Å². The first-order valence-corrected chi connectivity index (χ1v) is 7.26. The van der Waals surface area contributed by atoms with E-state index in [-0.39, 0.29) is 0 Å². The van der Waals surface area contributed by atoms with Crippen molar-refractivity contribution >= 4 is 23.4 Å². The second-order valence-electron chi connectivity index (χ2n) is 4.31. The molecule has 1 unspecified atom stereocenters. The van der Waals surface area contributed by atoms with E-state index in [0.717, 1.165) is 29.8 Å². The van der Waals surface area contributed by atoms with Gasteiger partial charge in [-0.05, 0) is 37.7 Å². The maximum atomic E-state index is 11.4. The molecule has 1 aliphatic rings. The van der Waals surface area contributed by atoms with Gasteiger partial charge in [0.2, 0.25) is 0 Å². The Morgan fingerprint density at radius 1 is 1.44 bits per heavy atom. The number of carbonyl (C=O) groups is 1. The zero-order chi connectivity index (χ0) is 13.0. The van der Waals surface area contributed by atoms with Crippen LogP contribution in [0.3, 0.4) is 0 Å². The minimum Gasteiger partial charge on any atom is -0.478 e. The summed E-state index contributed by atoms with van der Waals surface area (Å²) in [6, 6.07) is 5.94. The third-order valence-electron chi connectivity index (χ3n) is 3.09. The molecule has 0 fully saturated rings. The van der Waals surface area contributed by atoms with Gasteiger partial charge in [0.15, 0.2) is 0 Å². The molecule has 3 nitrogen and oxygen atoms in total. The maximum Gasteiger partial charge on any atom is 0.338 e. The van der Waals surface area contributed by atoms with E-state index < -0.39 is 5.97 Å². The molecule has 1 atom stereocenters. The molecule has 0 saturated carbocycles. The Morgan fingerprint density at radius 2 is 2.28 bits per heavy atom. The van der Waals surface area contributed by atoms with Crippen molar-refractivity contribution in [3.8, 4) is 0 Å². The first kappa shape index (κ1) is 13.0. The molecular weight excluding hydrogens is 246 g/mol. The molecule has 4 heteroatoms. The molecule has 1 aromatic carbocycles. The highest BCUT2D eigenvalue weighted by Crippen LogP contribution is 2.28. The van der Waals surface area contributed by atoms with E-state index in [9.17, 15) is 9.90 Å². The van der Waals surface area contributed by atoms with Crippen LogP contribution in [0, 0.1) is 0 Å². The Bertz CT molecular complexity index is 471. The minimum atomic E-state index is -0.867. The summed E-state index contributed by atoms with van der Waals surface area (Å²) in [7, 11) is 0. The van der Waals surface area contributed by atoms with E-state index in [1.807, 2.05) is 24.5 Å². The van der Waals surface area contributed by atoms with E-state index in [2.05, 4.69) is 17.5 Å². The summed E-state index contributed by atoms with van der Waals surface area (Å²) in [5.74, 6) is -0.867. The quantitative estimate of drug-likeness (QED) is 0.643. The van der Waals surface area contributed by atoms with Crippen LogP contribution < -0.4 is 5.32 Å². The Labute approximate surface area is 111 Å². The number of allylic oxidation sites excluding steroid dienone is 1. The summed E-state index contributed by atoms with van der Waals surface area (Å²) in [4.78, 5) is 12.2. The van der Waals surface area contributed by atoms with E-state index in [1.54, 1.807) is 0 Å². The average molecular weight is 263 g/mol. The summed E-state index contributed by atoms with van der Waals surface area (Å²) in [6.45, 7) is 0. The van der Waals surface area contributed by atoms with Gasteiger partial charge in [0.1, 0.15) is 0 Å².